The Bertz CT molecular complexity index is 722. The molecule has 1 aromatic heterocycles. The Morgan fingerprint density at radius 1 is 1.16 bits per heavy atom. The van der Waals surface area contributed by atoms with Crippen LogP contribution in [0.25, 0.3) is 0 Å². The van der Waals surface area contributed by atoms with Crippen molar-refractivity contribution in [2.75, 3.05) is 10.6 Å². The first-order chi connectivity index (χ1) is 11.5. The zero-order valence-electron chi connectivity index (χ0n) is 14.3. The van der Waals surface area contributed by atoms with Crippen LogP contribution in [-0.4, -0.2) is 22.8 Å². The highest BCUT2D eigenvalue weighted by Crippen LogP contribution is 2.21. The van der Waals surface area contributed by atoms with Gasteiger partial charge in [-0.1, -0.05) is 19.4 Å². The number of halogens is 1. The topological polar surface area (TPSA) is 97.1 Å². The lowest BCUT2D eigenvalue weighted by atomic mass is 10.1. The van der Waals surface area contributed by atoms with Crippen LogP contribution in [-0.2, 0) is 4.79 Å². The van der Waals surface area contributed by atoms with Crippen LogP contribution in [0.15, 0.2) is 42.7 Å². The van der Waals surface area contributed by atoms with Crippen molar-refractivity contribution in [3.8, 4) is 0 Å². The highest BCUT2D eigenvalue weighted by Gasteiger charge is 2.13. The number of benzene rings is 1. The molecule has 7 heteroatoms. The van der Waals surface area contributed by atoms with E-state index in [2.05, 4.69) is 15.6 Å². The van der Waals surface area contributed by atoms with Gasteiger partial charge in [-0.15, -0.1) is 12.4 Å². The number of carbonyl (C=O) groups excluding carboxylic acids is 2. The van der Waals surface area contributed by atoms with Crippen molar-refractivity contribution >= 4 is 35.6 Å². The minimum absolute atomic E-state index is 0. The summed E-state index contributed by atoms with van der Waals surface area (Å²) in [5.41, 5.74) is 8.46. The molecule has 0 bridgehead atoms. The summed E-state index contributed by atoms with van der Waals surface area (Å²) in [5.74, 6) is -0.459. The Kier molecular flexibility index (Phi) is 8.04. The number of anilines is 2. The van der Waals surface area contributed by atoms with Crippen LogP contribution in [0, 0.1) is 6.92 Å². The highest BCUT2D eigenvalue weighted by molar-refractivity contribution is 6.05. The number of pyridine rings is 1. The fourth-order valence-corrected chi connectivity index (χ4v) is 2.21. The lowest BCUT2D eigenvalue weighted by Crippen LogP contribution is -2.35. The Morgan fingerprint density at radius 3 is 2.48 bits per heavy atom. The number of aryl methyl sites for hydroxylation is 1. The summed E-state index contributed by atoms with van der Waals surface area (Å²) in [6, 6.07) is 8.09. The van der Waals surface area contributed by atoms with Gasteiger partial charge in [0.2, 0.25) is 5.91 Å². The first-order valence-corrected chi connectivity index (χ1v) is 7.89. The molecule has 0 saturated heterocycles. The molecule has 2 aromatic rings. The van der Waals surface area contributed by atoms with Gasteiger partial charge in [0, 0.05) is 29.3 Å². The Morgan fingerprint density at radius 2 is 1.84 bits per heavy atom. The second-order valence-electron chi connectivity index (χ2n) is 5.60. The van der Waals surface area contributed by atoms with Crippen LogP contribution >= 0.6 is 12.4 Å². The average molecular weight is 363 g/mol. The van der Waals surface area contributed by atoms with E-state index < -0.39 is 6.04 Å². The summed E-state index contributed by atoms with van der Waals surface area (Å²) in [5, 5.41) is 5.63. The second kappa shape index (κ2) is 9.76. The van der Waals surface area contributed by atoms with E-state index >= 15 is 0 Å². The minimum Gasteiger partial charge on any atom is -0.325 e. The summed E-state index contributed by atoms with van der Waals surface area (Å²) in [6.07, 6.45) is 4.60. The van der Waals surface area contributed by atoms with E-state index in [1.807, 2.05) is 19.9 Å². The first-order valence-electron chi connectivity index (χ1n) is 7.89. The summed E-state index contributed by atoms with van der Waals surface area (Å²) < 4.78 is 0. The number of hydrogen-bond acceptors (Lipinski definition) is 4. The van der Waals surface area contributed by atoms with Crippen molar-refractivity contribution in [2.24, 2.45) is 5.73 Å². The molecule has 25 heavy (non-hydrogen) atoms. The molecule has 0 fully saturated rings. The normalized spacial score (nSPS) is 11.2. The van der Waals surface area contributed by atoms with Crippen molar-refractivity contribution in [2.45, 2.75) is 32.7 Å². The first kappa shape index (κ1) is 20.6. The number of nitrogens with zero attached hydrogens (tertiary/aromatic N) is 1. The third-order valence-corrected chi connectivity index (χ3v) is 3.63. The predicted molar refractivity (Wildman–Crippen MR) is 102 cm³/mol. The van der Waals surface area contributed by atoms with Crippen LogP contribution in [0.2, 0.25) is 0 Å². The van der Waals surface area contributed by atoms with Crippen LogP contribution in [0.5, 0.6) is 0 Å². The number of amides is 2. The molecule has 1 atom stereocenters. The largest absolute Gasteiger partial charge is 0.325 e. The Labute approximate surface area is 153 Å². The molecule has 0 aliphatic rings. The summed E-state index contributed by atoms with van der Waals surface area (Å²) in [6.45, 7) is 3.86. The van der Waals surface area contributed by atoms with Crippen LogP contribution < -0.4 is 16.4 Å². The van der Waals surface area contributed by atoms with E-state index in [0.29, 0.717) is 23.4 Å². The maximum atomic E-state index is 12.2. The number of nitrogens with two attached hydrogens (primary N) is 1. The summed E-state index contributed by atoms with van der Waals surface area (Å²) in [4.78, 5) is 28.2. The molecule has 0 radical (unpaired) electrons. The molecule has 1 aromatic carbocycles. The fourth-order valence-electron chi connectivity index (χ4n) is 2.21. The van der Waals surface area contributed by atoms with Gasteiger partial charge in [-0.05, 0) is 43.2 Å². The van der Waals surface area contributed by atoms with Crippen molar-refractivity contribution in [1.29, 1.82) is 0 Å². The molecule has 2 amide bonds. The number of nitrogens with one attached hydrogen (secondary N) is 2. The molecule has 0 aliphatic heterocycles. The van der Waals surface area contributed by atoms with Crippen molar-refractivity contribution in [1.82, 2.24) is 4.98 Å². The molecule has 1 unspecified atom stereocenters. The molecular formula is C18H23ClN4O2. The number of hydrogen-bond donors (Lipinski definition) is 3. The van der Waals surface area contributed by atoms with Gasteiger partial charge in [-0.2, -0.15) is 0 Å². The third kappa shape index (κ3) is 5.85. The van der Waals surface area contributed by atoms with Gasteiger partial charge in [0.25, 0.3) is 5.91 Å². The number of aromatic nitrogens is 1. The number of rotatable bonds is 6. The van der Waals surface area contributed by atoms with Gasteiger partial charge in [-0.25, -0.2) is 0 Å². The molecule has 0 aliphatic carbocycles. The molecule has 2 rings (SSSR count). The predicted octanol–water partition coefficient (Wildman–Crippen LogP) is 3.13. The van der Waals surface area contributed by atoms with Gasteiger partial charge in [-0.3, -0.25) is 14.6 Å². The average Bonchev–Trinajstić information content (AvgIpc) is 2.58. The molecule has 0 spiro atoms. The van der Waals surface area contributed by atoms with E-state index in [1.54, 1.807) is 36.7 Å². The van der Waals surface area contributed by atoms with Gasteiger partial charge in [0.15, 0.2) is 0 Å². The Balaban J connectivity index is 0.00000312. The van der Waals surface area contributed by atoms with Crippen LogP contribution in [0.4, 0.5) is 11.4 Å². The lowest BCUT2D eigenvalue weighted by molar-refractivity contribution is -0.117. The van der Waals surface area contributed by atoms with Gasteiger partial charge >= 0.3 is 0 Å². The van der Waals surface area contributed by atoms with E-state index in [4.69, 9.17) is 5.73 Å². The highest BCUT2D eigenvalue weighted by atomic mass is 35.5. The van der Waals surface area contributed by atoms with Crippen molar-refractivity contribution in [3.63, 3.8) is 0 Å². The monoisotopic (exact) mass is 362 g/mol. The Hall–Kier alpha value is -2.44. The molecule has 1 heterocycles. The molecule has 0 saturated carbocycles. The zero-order valence-corrected chi connectivity index (χ0v) is 15.1. The quantitative estimate of drug-likeness (QED) is 0.735. The minimum atomic E-state index is -0.536. The summed E-state index contributed by atoms with van der Waals surface area (Å²) >= 11 is 0. The lowest BCUT2D eigenvalue weighted by Gasteiger charge is -2.14. The maximum absolute atomic E-state index is 12.2. The van der Waals surface area contributed by atoms with Crippen molar-refractivity contribution in [3.05, 3.63) is 53.9 Å². The number of carbonyl (C=O) groups is 2. The second-order valence-corrected chi connectivity index (χ2v) is 5.60. The SMILES string of the molecule is CCCC(N)C(=O)Nc1ccc(C)c(NC(=O)c2ccncc2)c1.Cl. The van der Waals surface area contributed by atoms with E-state index in [-0.39, 0.29) is 24.2 Å². The van der Waals surface area contributed by atoms with Gasteiger partial charge in [0.1, 0.15) is 0 Å². The van der Waals surface area contributed by atoms with Gasteiger partial charge < -0.3 is 16.4 Å². The van der Waals surface area contributed by atoms with E-state index in [1.165, 1.54) is 0 Å². The fraction of sp³-hybridized carbons (Fsp3) is 0.278. The van der Waals surface area contributed by atoms with Crippen LogP contribution in [0.1, 0.15) is 35.7 Å². The maximum Gasteiger partial charge on any atom is 0.255 e. The molecule has 6 nitrogen and oxygen atoms in total. The molecule has 4 N–H and O–H groups in total. The standard InChI is InChI=1S/C18H22N4O2.ClH/c1-3-4-15(19)18(24)21-14-6-5-12(2)16(11-14)22-17(23)13-7-9-20-10-8-13;/h5-11,15H,3-4,19H2,1-2H3,(H,21,24)(H,22,23);1H. The zero-order chi connectivity index (χ0) is 17.5. The van der Waals surface area contributed by atoms with Crippen molar-refractivity contribution < 1.29 is 9.59 Å². The molecule has 134 valence electrons. The summed E-state index contributed by atoms with van der Waals surface area (Å²) in [7, 11) is 0. The van der Waals surface area contributed by atoms with Crippen LogP contribution in [0.3, 0.4) is 0 Å². The van der Waals surface area contributed by atoms with E-state index in [0.717, 1.165) is 12.0 Å². The third-order valence-electron chi connectivity index (χ3n) is 3.63. The molecular weight excluding hydrogens is 340 g/mol. The van der Waals surface area contributed by atoms with Gasteiger partial charge in [0.05, 0.1) is 6.04 Å². The smallest absolute Gasteiger partial charge is 0.255 e. The van der Waals surface area contributed by atoms with E-state index in [9.17, 15) is 9.59 Å².